The first-order valence-corrected chi connectivity index (χ1v) is 16.4. The van der Waals surface area contributed by atoms with E-state index in [1.54, 1.807) is 20.9 Å². The molecule has 0 spiro atoms. The van der Waals surface area contributed by atoms with Crippen LogP contribution in [0.2, 0.25) is 0 Å². The number of thioether (sulfide) groups is 2. The Morgan fingerprint density at radius 1 is 1.32 bits per heavy atom. The van der Waals surface area contributed by atoms with Crippen LogP contribution in [0.25, 0.3) is 0 Å². The Bertz CT molecular complexity index is 1420. The number of aryl methyl sites for hydroxylation is 1. The summed E-state index contributed by atoms with van der Waals surface area (Å²) in [6, 6.07) is -1.01. The molecular formula is C20H26N9O8PS3. The molecule has 2 atom stereocenters. The fourth-order valence-electron chi connectivity index (χ4n) is 3.79. The number of fused-ring (bicyclic) bond motifs is 1. The number of nitrogens with zero attached hydrogens (tertiary/aromatic N) is 7. The second-order valence-electron chi connectivity index (χ2n) is 8.10. The molecule has 1 fully saturated rings. The maximum atomic E-state index is 13.2. The number of aromatic nitrogens is 5. The normalized spacial score (nSPS) is 19.1. The highest BCUT2D eigenvalue weighted by Gasteiger charge is 2.54. The third-order valence-corrected chi connectivity index (χ3v) is 10.5. The topological polar surface area (TPSA) is 212 Å². The quantitative estimate of drug-likeness (QED) is 0.0862. The maximum Gasteiger partial charge on any atom is 0.434 e. The van der Waals surface area contributed by atoms with E-state index < -0.39 is 36.9 Å². The Morgan fingerprint density at radius 3 is 2.66 bits per heavy atom. The lowest BCUT2D eigenvalue weighted by Gasteiger charge is -2.49. The Labute approximate surface area is 246 Å². The van der Waals surface area contributed by atoms with E-state index in [9.17, 15) is 24.1 Å². The van der Waals surface area contributed by atoms with Crippen LogP contribution in [-0.2, 0) is 39.9 Å². The maximum absolute atomic E-state index is 13.2. The Kier molecular flexibility index (Phi) is 10.0. The molecule has 2 aromatic heterocycles. The summed E-state index contributed by atoms with van der Waals surface area (Å²) in [5.41, 5.74) is 0.251. The highest BCUT2D eigenvalue weighted by atomic mass is 32.2. The Morgan fingerprint density at radius 2 is 2.05 bits per heavy atom. The predicted octanol–water partition coefficient (Wildman–Crippen LogP) is 1.14. The van der Waals surface area contributed by atoms with Crippen LogP contribution in [0.5, 0.6) is 0 Å². The van der Waals surface area contributed by atoms with Crippen molar-refractivity contribution < 1.29 is 37.9 Å². The van der Waals surface area contributed by atoms with Crippen molar-refractivity contribution in [1.29, 1.82) is 0 Å². The lowest BCUT2D eigenvalue weighted by molar-refractivity contribution is -0.150. The van der Waals surface area contributed by atoms with Gasteiger partial charge < -0.3 is 15.3 Å². The van der Waals surface area contributed by atoms with Crippen molar-refractivity contribution in [1.82, 2.24) is 35.4 Å². The van der Waals surface area contributed by atoms with Crippen LogP contribution < -0.4 is 10.4 Å². The summed E-state index contributed by atoms with van der Waals surface area (Å²) in [4.78, 5) is 48.6. The number of hydrogen-bond donors (Lipinski definition) is 3. The number of thiazole rings is 1. The summed E-state index contributed by atoms with van der Waals surface area (Å²) in [5, 5.41) is 31.6. The number of rotatable bonds is 14. The van der Waals surface area contributed by atoms with Crippen molar-refractivity contribution in [3.8, 4) is 0 Å². The van der Waals surface area contributed by atoms with Gasteiger partial charge in [-0.15, -0.1) is 28.2 Å². The molecule has 1 saturated heterocycles. The van der Waals surface area contributed by atoms with E-state index in [4.69, 9.17) is 13.9 Å². The summed E-state index contributed by atoms with van der Waals surface area (Å²) in [6.45, 7) is 3.58. The number of carboxylic acid groups (broad SMARTS) is 1. The number of nitrogens with one attached hydrogen (secondary N) is 2. The van der Waals surface area contributed by atoms with Gasteiger partial charge in [0.25, 0.3) is 11.8 Å². The standard InChI is InChI=1S/C20H26N9O8PS3/c1-5-36-38(34,37-6-2)25-19-21-11(9-40-19)12(24-35-4)15(30)22-13-16(31)29-14(18(32)33)10(7-39-17(13)29)8-41-20-23-26-27-28(20)3/h9,13,17H,5-8H2,1-4H3,(H,22,30)(H,32,33)(H,21,25,34). The molecule has 4 rings (SSSR count). The Balaban J connectivity index is 1.46. The first kappa shape index (κ1) is 30.9. The number of amides is 2. The molecule has 2 amide bonds. The minimum absolute atomic E-state index is 0.0834. The van der Waals surface area contributed by atoms with Crippen LogP contribution in [0.1, 0.15) is 19.5 Å². The second-order valence-corrected chi connectivity index (χ2v) is 12.7. The number of carboxylic acids is 1. The minimum Gasteiger partial charge on any atom is -0.477 e. The van der Waals surface area contributed by atoms with Crippen LogP contribution in [0.3, 0.4) is 0 Å². The third kappa shape index (κ3) is 6.73. The summed E-state index contributed by atoms with van der Waals surface area (Å²) in [5.74, 6) is -2.01. The number of oxime groups is 1. The first-order valence-electron chi connectivity index (χ1n) is 11.9. The molecule has 41 heavy (non-hydrogen) atoms. The van der Waals surface area contributed by atoms with E-state index in [1.807, 2.05) is 0 Å². The summed E-state index contributed by atoms with van der Waals surface area (Å²) >= 11 is 3.60. The van der Waals surface area contributed by atoms with Crippen LogP contribution in [0.4, 0.5) is 5.13 Å². The summed E-state index contributed by atoms with van der Waals surface area (Å²) in [6.07, 6.45) is 0. The lowest BCUT2D eigenvalue weighted by atomic mass is 10.0. The SMILES string of the molecule is CCOP(=O)(Nc1nc(C(=NOC)C(=O)NC2C(=O)N3C(C(=O)O)=C(CSc4nnnn4C)CSC23)cs1)OCC. The van der Waals surface area contributed by atoms with Gasteiger partial charge in [0.05, 0.1) is 13.2 Å². The monoisotopic (exact) mass is 647 g/mol. The third-order valence-electron chi connectivity index (χ3n) is 5.47. The van der Waals surface area contributed by atoms with Crippen molar-refractivity contribution in [2.45, 2.75) is 30.4 Å². The lowest BCUT2D eigenvalue weighted by Crippen LogP contribution is -2.71. The zero-order valence-corrected chi connectivity index (χ0v) is 25.5. The average Bonchev–Trinajstić information content (AvgIpc) is 3.56. The minimum atomic E-state index is -3.67. The van der Waals surface area contributed by atoms with Crippen molar-refractivity contribution in [2.75, 3.05) is 36.9 Å². The number of tetrazole rings is 1. The zero-order chi connectivity index (χ0) is 29.7. The molecule has 17 nitrogen and oxygen atoms in total. The molecule has 222 valence electrons. The van der Waals surface area contributed by atoms with Gasteiger partial charge in [-0.05, 0) is 29.8 Å². The molecule has 0 bridgehead atoms. The van der Waals surface area contributed by atoms with Crippen molar-refractivity contribution in [2.24, 2.45) is 12.2 Å². The second kappa shape index (κ2) is 13.3. The van der Waals surface area contributed by atoms with E-state index in [-0.39, 0.29) is 41.2 Å². The molecule has 0 saturated carbocycles. The molecule has 2 aliphatic rings. The van der Waals surface area contributed by atoms with E-state index in [0.717, 1.165) is 11.3 Å². The molecule has 21 heteroatoms. The van der Waals surface area contributed by atoms with Gasteiger partial charge in [0, 0.05) is 23.9 Å². The molecule has 4 heterocycles. The van der Waals surface area contributed by atoms with Gasteiger partial charge in [0.15, 0.2) is 10.8 Å². The average molecular weight is 648 g/mol. The van der Waals surface area contributed by atoms with E-state index >= 15 is 0 Å². The highest BCUT2D eigenvalue weighted by molar-refractivity contribution is 8.01. The smallest absolute Gasteiger partial charge is 0.434 e. The number of β-lactam (4-membered cyclic amide) rings is 1. The zero-order valence-electron chi connectivity index (χ0n) is 22.2. The van der Waals surface area contributed by atoms with Gasteiger partial charge >= 0.3 is 13.7 Å². The summed E-state index contributed by atoms with van der Waals surface area (Å²) in [7, 11) is -0.768. The largest absolute Gasteiger partial charge is 0.477 e. The van der Waals surface area contributed by atoms with Gasteiger partial charge in [-0.3, -0.25) is 28.6 Å². The number of aliphatic carboxylic acids is 1. The Hall–Kier alpha value is -3.03. The fourth-order valence-corrected chi connectivity index (χ4v) is 8.38. The van der Waals surface area contributed by atoms with Gasteiger partial charge in [-0.25, -0.2) is 19.0 Å². The van der Waals surface area contributed by atoms with Crippen molar-refractivity contribution >= 4 is 71.2 Å². The molecule has 0 aromatic carbocycles. The fraction of sp³-hybridized carbons (Fsp3) is 0.500. The van der Waals surface area contributed by atoms with Crippen LogP contribution >= 0.6 is 42.6 Å². The molecular weight excluding hydrogens is 621 g/mol. The van der Waals surface area contributed by atoms with Crippen molar-refractivity contribution in [3.05, 3.63) is 22.3 Å². The van der Waals surface area contributed by atoms with Gasteiger partial charge in [-0.2, -0.15) is 0 Å². The van der Waals surface area contributed by atoms with E-state index in [0.29, 0.717) is 16.5 Å². The highest BCUT2D eigenvalue weighted by Crippen LogP contribution is 2.48. The molecule has 2 unspecified atom stereocenters. The van der Waals surface area contributed by atoms with Crippen molar-refractivity contribution in [3.63, 3.8) is 0 Å². The van der Waals surface area contributed by atoms with Gasteiger partial charge in [0.1, 0.15) is 29.9 Å². The molecule has 2 aromatic rings. The molecule has 2 aliphatic heterocycles. The molecule has 0 aliphatic carbocycles. The van der Waals surface area contributed by atoms with Gasteiger partial charge in [-0.1, -0.05) is 16.9 Å². The first-order chi connectivity index (χ1) is 19.6. The van der Waals surface area contributed by atoms with E-state index in [1.165, 1.54) is 45.6 Å². The van der Waals surface area contributed by atoms with E-state index in [2.05, 4.69) is 36.1 Å². The van der Waals surface area contributed by atoms with Crippen LogP contribution in [0.15, 0.2) is 27.0 Å². The van der Waals surface area contributed by atoms with Crippen LogP contribution in [0, 0.1) is 0 Å². The molecule has 0 radical (unpaired) electrons. The van der Waals surface area contributed by atoms with Crippen LogP contribution in [-0.4, -0.2) is 102 Å². The predicted molar refractivity (Wildman–Crippen MR) is 149 cm³/mol. The number of carbonyl (C=O) groups is 3. The number of hydrogen-bond acceptors (Lipinski definition) is 15. The molecule has 3 N–H and O–H groups in total. The number of carbonyl (C=O) groups excluding carboxylic acids is 2. The van der Waals surface area contributed by atoms with Gasteiger partial charge in [0.2, 0.25) is 5.16 Å². The number of anilines is 1. The summed E-state index contributed by atoms with van der Waals surface area (Å²) < 4.78 is 24.6.